The van der Waals surface area contributed by atoms with E-state index in [1.165, 1.54) is 6.07 Å². The van der Waals surface area contributed by atoms with Crippen molar-refractivity contribution in [2.24, 2.45) is 5.90 Å². The highest BCUT2D eigenvalue weighted by molar-refractivity contribution is 5.38. The Bertz CT molecular complexity index is 313. The molecule has 0 aromatic carbocycles. The first-order chi connectivity index (χ1) is 5.65. The summed E-state index contributed by atoms with van der Waals surface area (Å²) < 4.78 is 0. The van der Waals surface area contributed by atoms with Crippen LogP contribution in [-0.2, 0) is 0 Å². The van der Waals surface area contributed by atoms with Crippen molar-refractivity contribution < 1.29 is 9.76 Å². The lowest BCUT2D eigenvalue weighted by Crippen LogP contribution is -2.04. The maximum Gasteiger partial charge on any atom is 0.290 e. The highest BCUT2D eigenvalue weighted by Gasteiger charge is 2.11. The summed E-state index contributed by atoms with van der Waals surface area (Å²) in [6, 6.07) is 1.40. The van der Waals surface area contributed by atoms with E-state index in [2.05, 4.69) is 9.82 Å². The van der Waals surface area contributed by atoms with Gasteiger partial charge in [0.2, 0.25) is 5.88 Å². The van der Waals surface area contributed by atoms with Gasteiger partial charge in [-0.25, -0.2) is 4.98 Å². The predicted octanol–water partition coefficient (Wildman–Crippen LogP) is 0.551. The van der Waals surface area contributed by atoms with Crippen LogP contribution in [-0.4, -0.2) is 9.91 Å². The number of rotatable bonds is 2. The van der Waals surface area contributed by atoms with Crippen LogP contribution in [0.3, 0.4) is 0 Å². The number of aromatic nitrogens is 1. The zero-order chi connectivity index (χ0) is 9.14. The van der Waals surface area contributed by atoms with Crippen LogP contribution in [0.2, 0.25) is 0 Å². The first-order valence-corrected chi connectivity index (χ1v) is 3.13. The Morgan fingerprint density at radius 3 is 2.83 bits per heavy atom. The molecular formula is C6H7N3O3. The number of nitro groups is 1. The number of aryl methyl sites for hydroxylation is 1. The van der Waals surface area contributed by atoms with Gasteiger partial charge in [0.05, 0.1) is 4.92 Å². The second-order valence-corrected chi connectivity index (χ2v) is 2.18. The summed E-state index contributed by atoms with van der Waals surface area (Å²) in [4.78, 5) is 17.7. The van der Waals surface area contributed by atoms with Crippen LogP contribution in [0.15, 0.2) is 12.3 Å². The second-order valence-electron chi connectivity index (χ2n) is 2.18. The summed E-state index contributed by atoms with van der Waals surface area (Å²) in [7, 11) is 0. The topological polar surface area (TPSA) is 91.3 Å². The minimum Gasteiger partial charge on any atom is -0.391 e. The minimum absolute atomic E-state index is 0.0456. The highest BCUT2D eigenvalue weighted by atomic mass is 16.6. The average Bonchev–Trinajstić information content (AvgIpc) is 2.03. The molecule has 2 N–H and O–H groups in total. The van der Waals surface area contributed by atoms with E-state index in [0.29, 0.717) is 5.56 Å². The molecule has 1 aromatic rings. The van der Waals surface area contributed by atoms with E-state index >= 15 is 0 Å². The summed E-state index contributed by atoms with van der Waals surface area (Å²) in [5.74, 6) is 4.98. The zero-order valence-electron chi connectivity index (χ0n) is 6.35. The summed E-state index contributed by atoms with van der Waals surface area (Å²) in [6.07, 6.45) is 1.11. The van der Waals surface area contributed by atoms with Gasteiger partial charge in [-0.05, 0) is 6.92 Å². The molecule has 0 aliphatic rings. The molecule has 12 heavy (non-hydrogen) atoms. The molecule has 0 saturated carbocycles. The lowest BCUT2D eigenvalue weighted by Gasteiger charge is -1.98. The van der Waals surface area contributed by atoms with Crippen LogP contribution in [0, 0.1) is 17.0 Å². The molecule has 0 radical (unpaired) electrons. The van der Waals surface area contributed by atoms with Crippen LogP contribution in [0.1, 0.15) is 5.56 Å². The molecule has 64 valence electrons. The number of nitrogens with two attached hydrogens (primary N) is 1. The van der Waals surface area contributed by atoms with E-state index in [-0.39, 0.29) is 11.6 Å². The van der Waals surface area contributed by atoms with Crippen LogP contribution in [0.4, 0.5) is 5.69 Å². The number of pyridine rings is 1. The maximum absolute atomic E-state index is 10.3. The van der Waals surface area contributed by atoms with E-state index in [1.807, 2.05) is 0 Å². The average molecular weight is 169 g/mol. The molecule has 6 nitrogen and oxygen atoms in total. The van der Waals surface area contributed by atoms with Gasteiger partial charge in [-0.3, -0.25) is 10.1 Å². The monoisotopic (exact) mass is 169 g/mol. The van der Waals surface area contributed by atoms with Crippen LogP contribution in [0.25, 0.3) is 0 Å². The zero-order valence-corrected chi connectivity index (χ0v) is 6.35. The smallest absolute Gasteiger partial charge is 0.290 e. The number of nitrogens with zero attached hydrogens (tertiary/aromatic N) is 2. The van der Waals surface area contributed by atoms with Gasteiger partial charge < -0.3 is 4.84 Å². The Kier molecular flexibility index (Phi) is 2.20. The molecule has 0 spiro atoms. The third-order valence-electron chi connectivity index (χ3n) is 1.38. The van der Waals surface area contributed by atoms with E-state index in [1.54, 1.807) is 6.92 Å². The SMILES string of the molecule is Cc1cc(ON)ncc1[N+](=O)[O-]. The fraction of sp³-hybridized carbons (Fsp3) is 0.167. The van der Waals surface area contributed by atoms with Gasteiger partial charge in [0.1, 0.15) is 6.20 Å². The molecule has 0 bridgehead atoms. The fourth-order valence-corrected chi connectivity index (χ4v) is 0.779. The van der Waals surface area contributed by atoms with Gasteiger partial charge in [0.25, 0.3) is 5.69 Å². The Morgan fingerprint density at radius 2 is 2.42 bits per heavy atom. The lowest BCUT2D eigenvalue weighted by molar-refractivity contribution is -0.385. The van der Waals surface area contributed by atoms with Gasteiger partial charge >= 0.3 is 0 Å². The second kappa shape index (κ2) is 3.14. The Morgan fingerprint density at radius 1 is 1.75 bits per heavy atom. The molecule has 0 saturated heterocycles. The van der Waals surface area contributed by atoms with Crippen LogP contribution < -0.4 is 10.7 Å². The van der Waals surface area contributed by atoms with Crippen molar-refractivity contribution in [2.45, 2.75) is 6.92 Å². The van der Waals surface area contributed by atoms with Gasteiger partial charge in [0.15, 0.2) is 0 Å². The number of hydrogen-bond acceptors (Lipinski definition) is 5. The molecule has 1 rings (SSSR count). The summed E-state index contributed by atoms with van der Waals surface area (Å²) in [6.45, 7) is 1.59. The quantitative estimate of drug-likeness (QED) is 0.515. The first-order valence-electron chi connectivity index (χ1n) is 3.13. The lowest BCUT2D eigenvalue weighted by atomic mass is 10.2. The van der Waals surface area contributed by atoms with Gasteiger partial charge in [-0.15, -0.1) is 0 Å². The molecule has 0 amide bonds. The van der Waals surface area contributed by atoms with Crippen molar-refractivity contribution in [3.63, 3.8) is 0 Å². The Balaban J connectivity index is 3.12. The summed E-state index contributed by atoms with van der Waals surface area (Å²) in [5.41, 5.74) is 0.422. The first kappa shape index (κ1) is 8.41. The summed E-state index contributed by atoms with van der Waals surface area (Å²) >= 11 is 0. The fourth-order valence-electron chi connectivity index (χ4n) is 0.779. The molecule has 0 atom stereocenters. The van der Waals surface area contributed by atoms with Gasteiger partial charge in [-0.1, -0.05) is 0 Å². The standard InChI is InChI=1S/C6H7N3O3/c1-4-2-6(12-7)8-3-5(4)9(10)11/h2-3H,7H2,1H3. The van der Waals surface area contributed by atoms with Crippen molar-refractivity contribution in [3.8, 4) is 5.88 Å². The van der Waals surface area contributed by atoms with E-state index in [4.69, 9.17) is 5.90 Å². The van der Waals surface area contributed by atoms with E-state index in [9.17, 15) is 10.1 Å². The Hall–Kier alpha value is -1.69. The normalized spacial score (nSPS) is 9.50. The molecule has 6 heteroatoms. The van der Waals surface area contributed by atoms with Crippen molar-refractivity contribution in [2.75, 3.05) is 0 Å². The van der Waals surface area contributed by atoms with Gasteiger partial charge in [-0.2, -0.15) is 5.90 Å². The molecule has 0 aliphatic carbocycles. The Labute approximate surface area is 68.1 Å². The van der Waals surface area contributed by atoms with Gasteiger partial charge in [0, 0.05) is 11.6 Å². The highest BCUT2D eigenvalue weighted by Crippen LogP contribution is 2.18. The van der Waals surface area contributed by atoms with Crippen molar-refractivity contribution in [1.82, 2.24) is 4.98 Å². The maximum atomic E-state index is 10.3. The van der Waals surface area contributed by atoms with E-state index < -0.39 is 4.92 Å². The molecule has 0 unspecified atom stereocenters. The van der Waals surface area contributed by atoms with Crippen molar-refractivity contribution in [3.05, 3.63) is 27.9 Å². The molecule has 1 aromatic heterocycles. The molecule has 1 heterocycles. The largest absolute Gasteiger partial charge is 0.391 e. The van der Waals surface area contributed by atoms with Crippen LogP contribution >= 0.6 is 0 Å². The number of hydrogen-bond donors (Lipinski definition) is 1. The third-order valence-corrected chi connectivity index (χ3v) is 1.38. The minimum atomic E-state index is -0.511. The predicted molar refractivity (Wildman–Crippen MR) is 40.4 cm³/mol. The molecule has 0 aliphatic heterocycles. The van der Waals surface area contributed by atoms with Crippen LogP contribution in [0.5, 0.6) is 5.88 Å². The summed E-state index contributed by atoms with van der Waals surface area (Å²) in [5, 5.41) is 10.3. The molecule has 0 fully saturated rings. The van der Waals surface area contributed by atoms with E-state index in [0.717, 1.165) is 6.20 Å². The third kappa shape index (κ3) is 1.48. The van der Waals surface area contributed by atoms with Crippen molar-refractivity contribution >= 4 is 5.69 Å². The van der Waals surface area contributed by atoms with Crippen molar-refractivity contribution in [1.29, 1.82) is 0 Å². The molecular weight excluding hydrogens is 162 g/mol.